The molecule has 0 saturated carbocycles. The van der Waals surface area contributed by atoms with Gasteiger partial charge in [0.2, 0.25) is 16.3 Å². The molecule has 1 aromatic heterocycles. The van der Waals surface area contributed by atoms with Crippen LogP contribution in [0.3, 0.4) is 0 Å². The molecule has 188 valence electrons. The second kappa shape index (κ2) is 12.0. The van der Waals surface area contributed by atoms with Gasteiger partial charge in [0.05, 0.1) is 4.90 Å². The topological polar surface area (TPSA) is 113 Å². The Morgan fingerprint density at radius 3 is 1.97 bits per heavy atom. The van der Waals surface area contributed by atoms with Gasteiger partial charge in [0.25, 0.3) is 0 Å². The Hall–Kier alpha value is -3.22. The first kappa shape index (κ1) is 28.0. The smallest absolute Gasteiger partial charge is 0.340 e. The SMILES string of the molecule is CNS(=O)(=O)c1cc(Nc2cc(Nc3ccc(Cl)cc3)ncn2)cc(C(C)C)c1.O=CC(F)(F)F. The van der Waals surface area contributed by atoms with E-state index in [4.69, 9.17) is 16.4 Å². The van der Waals surface area contributed by atoms with E-state index in [1.54, 1.807) is 30.3 Å². The number of carbonyl (C=O) groups excluding carboxylic acids is 1. The molecule has 0 aliphatic carbocycles. The average molecular weight is 530 g/mol. The maximum atomic E-state index is 12.3. The summed E-state index contributed by atoms with van der Waals surface area (Å²) in [5, 5.41) is 6.99. The number of aldehydes is 1. The third kappa shape index (κ3) is 9.15. The van der Waals surface area contributed by atoms with Crippen LogP contribution in [0.15, 0.2) is 59.8 Å². The zero-order valence-electron chi connectivity index (χ0n) is 18.9. The van der Waals surface area contributed by atoms with Crippen LogP contribution in [-0.2, 0) is 14.8 Å². The minimum absolute atomic E-state index is 0.162. The lowest BCUT2D eigenvalue weighted by Crippen LogP contribution is -2.19. The van der Waals surface area contributed by atoms with Gasteiger partial charge in [-0.2, -0.15) is 13.2 Å². The zero-order chi connectivity index (χ0) is 26.2. The number of halogens is 4. The summed E-state index contributed by atoms with van der Waals surface area (Å²) in [4.78, 5) is 17.3. The third-order valence-corrected chi connectivity index (χ3v) is 6.01. The van der Waals surface area contributed by atoms with E-state index in [0.717, 1.165) is 11.3 Å². The van der Waals surface area contributed by atoms with Crippen LogP contribution in [-0.4, -0.2) is 37.9 Å². The summed E-state index contributed by atoms with van der Waals surface area (Å²) in [7, 11) is -2.17. The number of hydrogen-bond acceptors (Lipinski definition) is 7. The second-order valence-electron chi connectivity index (χ2n) is 7.36. The fraction of sp³-hybridized carbons (Fsp3) is 0.227. The molecule has 1 heterocycles. The molecule has 0 fully saturated rings. The molecule has 0 aliphatic rings. The summed E-state index contributed by atoms with van der Waals surface area (Å²) < 4.78 is 58.2. The maximum absolute atomic E-state index is 12.3. The van der Waals surface area contributed by atoms with Crippen molar-refractivity contribution in [3.05, 3.63) is 65.4 Å². The zero-order valence-corrected chi connectivity index (χ0v) is 20.5. The molecule has 0 bridgehead atoms. The first-order valence-corrected chi connectivity index (χ1v) is 11.9. The van der Waals surface area contributed by atoms with E-state index in [1.165, 1.54) is 13.4 Å². The van der Waals surface area contributed by atoms with Crippen LogP contribution in [0.25, 0.3) is 0 Å². The average Bonchev–Trinajstić information content (AvgIpc) is 2.80. The van der Waals surface area contributed by atoms with Crippen molar-refractivity contribution >= 4 is 50.9 Å². The molecule has 2 aromatic carbocycles. The number of hydrogen-bond donors (Lipinski definition) is 3. The van der Waals surface area contributed by atoms with E-state index < -0.39 is 22.5 Å². The van der Waals surface area contributed by atoms with Gasteiger partial charge in [0, 0.05) is 22.5 Å². The van der Waals surface area contributed by atoms with E-state index in [0.29, 0.717) is 22.3 Å². The Balaban J connectivity index is 0.000000641. The van der Waals surface area contributed by atoms with Crippen LogP contribution in [0, 0.1) is 0 Å². The van der Waals surface area contributed by atoms with Crippen molar-refractivity contribution in [1.82, 2.24) is 14.7 Å². The highest BCUT2D eigenvalue weighted by Gasteiger charge is 2.24. The largest absolute Gasteiger partial charge is 0.446 e. The van der Waals surface area contributed by atoms with Crippen LogP contribution >= 0.6 is 11.6 Å². The van der Waals surface area contributed by atoms with Crippen LogP contribution < -0.4 is 15.4 Å². The highest BCUT2D eigenvalue weighted by molar-refractivity contribution is 7.89. The van der Waals surface area contributed by atoms with Gasteiger partial charge in [-0.1, -0.05) is 25.4 Å². The number of benzene rings is 2. The van der Waals surface area contributed by atoms with Crippen LogP contribution in [0.5, 0.6) is 0 Å². The van der Waals surface area contributed by atoms with E-state index >= 15 is 0 Å². The van der Waals surface area contributed by atoms with E-state index in [2.05, 4.69) is 25.3 Å². The van der Waals surface area contributed by atoms with Crippen molar-refractivity contribution in [2.45, 2.75) is 30.8 Å². The number of carbonyl (C=O) groups is 1. The molecule has 35 heavy (non-hydrogen) atoms. The standard InChI is InChI=1S/C20H22ClN5O2S.C2HF3O/c1-13(2)14-8-17(10-18(9-14)29(27,28)22-3)26-20-11-19(23-12-24-20)25-16-6-4-15(21)5-7-16;3-2(4,5)1-6/h4-13,22H,1-3H3,(H2,23,24,25,26);1H. The molecule has 0 atom stereocenters. The first-order chi connectivity index (χ1) is 16.3. The Bertz CT molecular complexity index is 1250. The summed E-state index contributed by atoms with van der Waals surface area (Å²) in [6.07, 6.45) is -4.27. The Kier molecular flexibility index (Phi) is 9.57. The number of nitrogens with one attached hydrogen (secondary N) is 3. The third-order valence-electron chi connectivity index (χ3n) is 4.36. The van der Waals surface area contributed by atoms with Gasteiger partial charge in [-0.05, 0) is 61.0 Å². The molecule has 0 radical (unpaired) electrons. The second-order valence-corrected chi connectivity index (χ2v) is 9.68. The fourth-order valence-corrected chi connectivity index (χ4v) is 3.56. The Morgan fingerprint density at radius 2 is 1.49 bits per heavy atom. The van der Waals surface area contributed by atoms with Crippen molar-refractivity contribution in [3.63, 3.8) is 0 Å². The summed E-state index contributed by atoms with van der Waals surface area (Å²) in [5.41, 5.74) is 2.36. The monoisotopic (exact) mass is 529 g/mol. The molecule has 0 spiro atoms. The van der Waals surface area contributed by atoms with Gasteiger partial charge in [-0.15, -0.1) is 0 Å². The predicted molar refractivity (Wildman–Crippen MR) is 129 cm³/mol. The lowest BCUT2D eigenvalue weighted by Gasteiger charge is -2.14. The minimum Gasteiger partial charge on any atom is -0.340 e. The van der Waals surface area contributed by atoms with Gasteiger partial charge in [0.1, 0.15) is 18.0 Å². The van der Waals surface area contributed by atoms with Gasteiger partial charge in [-0.3, -0.25) is 4.79 Å². The number of anilines is 4. The van der Waals surface area contributed by atoms with Gasteiger partial charge in [-0.25, -0.2) is 23.1 Å². The predicted octanol–water partition coefficient (Wildman–Crippen LogP) is 5.40. The van der Waals surface area contributed by atoms with Gasteiger partial charge >= 0.3 is 6.18 Å². The van der Waals surface area contributed by atoms with Crippen molar-refractivity contribution in [1.29, 1.82) is 0 Å². The summed E-state index contributed by atoms with van der Waals surface area (Å²) >= 11 is 5.91. The highest BCUT2D eigenvalue weighted by Crippen LogP contribution is 2.27. The fourth-order valence-electron chi connectivity index (χ4n) is 2.62. The van der Waals surface area contributed by atoms with Crippen LogP contribution in [0.2, 0.25) is 5.02 Å². The summed E-state index contributed by atoms with van der Waals surface area (Å²) in [5.74, 6) is 1.29. The van der Waals surface area contributed by atoms with Gasteiger partial charge in [0.15, 0.2) is 0 Å². The van der Waals surface area contributed by atoms with Crippen LogP contribution in [0.4, 0.5) is 36.2 Å². The van der Waals surface area contributed by atoms with Crippen molar-refractivity contribution in [2.75, 3.05) is 17.7 Å². The molecule has 0 amide bonds. The van der Waals surface area contributed by atoms with E-state index in [9.17, 15) is 21.6 Å². The Labute approximate surface area is 206 Å². The lowest BCUT2D eigenvalue weighted by atomic mass is 10.0. The molecule has 3 N–H and O–H groups in total. The van der Waals surface area contributed by atoms with E-state index in [-0.39, 0.29) is 10.8 Å². The van der Waals surface area contributed by atoms with Gasteiger partial charge < -0.3 is 10.6 Å². The molecule has 3 rings (SSSR count). The van der Waals surface area contributed by atoms with Crippen molar-refractivity contribution in [2.24, 2.45) is 0 Å². The quantitative estimate of drug-likeness (QED) is 0.351. The molecule has 0 unspecified atom stereocenters. The molecule has 0 saturated heterocycles. The van der Waals surface area contributed by atoms with Crippen molar-refractivity contribution < 1.29 is 26.4 Å². The van der Waals surface area contributed by atoms with Crippen LogP contribution in [0.1, 0.15) is 25.3 Å². The number of aromatic nitrogens is 2. The molecular weight excluding hydrogens is 507 g/mol. The molecule has 8 nitrogen and oxygen atoms in total. The minimum atomic E-state index is -4.64. The normalized spacial score (nSPS) is 11.4. The number of nitrogens with zero attached hydrogens (tertiary/aromatic N) is 2. The summed E-state index contributed by atoms with van der Waals surface area (Å²) in [6, 6.07) is 14.2. The molecule has 3 aromatic rings. The maximum Gasteiger partial charge on any atom is 0.446 e. The van der Waals surface area contributed by atoms with Crippen molar-refractivity contribution in [3.8, 4) is 0 Å². The van der Waals surface area contributed by atoms with E-state index in [1.807, 2.05) is 32.0 Å². The molecule has 13 heteroatoms. The number of alkyl halides is 3. The highest BCUT2D eigenvalue weighted by atomic mass is 35.5. The molecule has 0 aliphatic heterocycles. The number of sulfonamides is 1. The summed E-state index contributed by atoms with van der Waals surface area (Å²) in [6.45, 7) is 4.02. The molecular formula is C22H23ClF3N5O3S. The Morgan fingerprint density at radius 1 is 0.943 bits per heavy atom. The lowest BCUT2D eigenvalue weighted by molar-refractivity contribution is -0.156. The number of rotatable bonds is 7. The first-order valence-electron chi connectivity index (χ1n) is 10.1.